The van der Waals surface area contributed by atoms with Gasteiger partial charge in [-0.15, -0.1) is 11.3 Å². The minimum absolute atomic E-state index is 0.156. The largest absolute Gasteiger partial charge is 0.469 e. The van der Waals surface area contributed by atoms with E-state index in [1.54, 1.807) is 12.1 Å². The van der Waals surface area contributed by atoms with E-state index in [9.17, 15) is 18.8 Å². The number of ketones is 1. The number of halogens is 1. The molecule has 0 spiro atoms. The van der Waals surface area contributed by atoms with Crippen LogP contribution in [-0.4, -0.2) is 64.8 Å². The number of nitrogens with one attached hydrogen (secondary N) is 2. The van der Waals surface area contributed by atoms with Crippen LogP contribution in [0.3, 0.4) is 0 Å². The topological polar surface area (TPSA) is 130 Å². The summed E-state index contributed by atoms with van der Waals surface area (Å²) in [5.74, 6) is -2.15. The second-order valence-electron chi connectivity index (χ2n) is 9.68. The van der Waals surface area contributed by atoms with Crippen molar-refractivity contribution in [2.45, 2.75) is 43.8 Å². The highest BCUT2D eigenvalue weighted by Gasteiger charge is 2.49. The number of rotatable bonds is 5. The standard InChI is InChI=1S/C25H28FN5O4S/c1-31-8-6-17-19(12-31)36-23(29-17)22(33)30-20-11-13(24(34)35-2)5-7-25(20,27)21(32)18-10-14-9-15(26)3-4-16(14)28-18/h3-4,9-10,13,20,28H,5-8,11-12,27H2,1-2H3,(H,30,33). The van der Waals surface area contributed by atoms with Gasteiger partial charge in [-0.1, -0.05) is 0 Å². The first-order valence-corrected chi connectivity index (χ1v) is 12.7. The predicted molar refractivity (Wildman–Crippen MR) is 132 cm³/mol. The number of nitrogens with two attached hydrogens (primary N) is 1. The molecule has 2 aromatic heterocycles. The first-order chi connectivity index (χ1) is 17.2. The number of ether oxygens (including phenoxy) is 1. The van der Waals surface area contributed by atoms with Crippen LogP contribution in [0.25, 0.3) is 10.9 Å². The van der Waals surface area contributed by atoms with Gasteiger partial charge in [-0.3, -0.25) is 14.4 Å². The van der Waals surface area contributed by atoms with Gasteiger partial charge in [0.05, 0.1) is 30.5 Å². The summed E-state index contributed by atoms with van der Waals surface area (Å²) in [7, 11) is 3.33. The van der Waals surface area contributed by atoms with Crippen molar-refractivity contribution in [3.05, 3.63) is 51.4 Å². The van der Waals surface area contributed by atoms with Gasteiger partial charge in [-0.05, 0) is 50.6 Å². The number of methoxy groups -OCH3 is 1. The highest BCUT2D eigenvalue weighted by Crippen LogP contribution is 2.35. The number of likely N-dealkylation sites (N-methyl/N-ethyl adjacent to an activating group) is 1. The molecular weight excluding hydrogens is 485 g/mol. The van der Waals surface area contributed by atoms with Crippen molar-refractivity contribution in [2.24, 2.45) is 11.7 Å². The molecule has 1 amide bonds. The Labute approximate surface area is 211 Å². The van der Waals surface area contributed by atoms with E-state index in [1.165, 1.54) is 30.6 Å². The number of carbonyl (C=O) groups is 3. The molecule has 3 heterocycles. The number of hydrogen-bond donors (Lipinski definition) is 3. The number of amides is 1. The number of thiazole rings is 1. The maximum atomic E-state index is 13.7. The van der Waals surface area contributed by atoms with Crippen molar-refractivity contribution in [3.8, 4) is 0 Å². The first-order valence-electron chi connectivity index (χ1n) is 11.9. The molecular formula is C25H28FN5O4S. The lowest BCUT2D eigenvalue weighted by atomic mass is 9.70. The average molecular weight is 514 g/mol. The summed E-state index contributed by atoms with van der Waals surface area (Å²) in [6, 6.07) is 4.93. The molecule has 1 aliphatic carbocycles. The minimum Gasteiger partial charge on any atom is -0.469 e. The molecule has 3 aromatic rings. The Morgan fingerprint density at radius 2 is 2.14 bits per heavy atom. The molecule has 11 heteroatoms. The maximum absolute atomic E-state index is 13.7. The van der Waals surface area contributed by atoms with Crippen molar-refractivity contribution < 1.29 is 23.5 Å². The van der Waals surface area contributed by atoms with E-state index >= 15 is 0 Å². The van der Waals surface area contributed by atoms with Crippen molar-refractivity contribution in [2.75, 3.05) is 20.7 Å². The lowest BCUT2D eigenvalue weighted by molar-refractivity contribution is -0.147. The molecule has 3 atom stereocenters. The monoisotopic (exact) mass is 513 g/mol. The molecule has 1 aliphatic heterocycles. The fourth-order valence-electron chi connectivity index (χ4n) is 5.16. The van der Waals surface area contributed by atoms with Gasteiger partial charge in [-0.2, -0.15) is 0 Å². The first kappa shape index (κ1) is 24.5. The van der Waals surface area contributed by atoms with E-state index in [0.29, 0.717) is 22.3 Å². The molecule has 1 fully saturated rings. The normalized spacial score (nSPS) is 24.3. The van der Waals surface area contributed by atoms with Gasteiger partial charge in [0, 0.05) is 35.3 Å². The lowest BCUT2D eigenvalue weighted by Crippen LogP contribution is -2.66. The molecule has 190 valence electrons. The highest BCUT2D eigenvalue weighted by molar-refractivity contribution is 7.13. The third kappa shape index (κ3) is 4.42. The van der Waals surface area contributed by atoms with E-state index in [0.717, 1.165) is 30.1 Å². The summed E-state index contributed by atoms with van der Waals surface area (Å²) in [5, 5.41) is 3.77. The number of benzene rings is 1. The number of fused-ring (bicyclic) bond motifs is 2. The number of H-pyrrole nitrogens is 1. The third-order valence-electron chi connectivity index (χ3n) is 7.25. The Bertz CT molecular complexity index is 1350. The molecule has 4 N–H and O–H groups in total. The van der Waals surface area contributed by atoms with E-state index in [4.69, 9.17) is 10.5 Å². The number of aromatic nitrogens is 2. The molecule has 36 heavy (non-hydrogen) atoms. The van der Waals surface area contributed by atoms with Crippen molar-refractivity contribution in [3.63, 3.8) is 0 Å². The van der Waals surface area contributed by atoms with Crippen LogP contribution in [0.1, 0.15) is 50.1 Å². The van der Waals surface area contributed by atoms with Crippen LogP contribution in [0, 0.1) is 11.7 Å². The fourth-order valence-corrected chi connectivity index (χ4v) is 6.25. The molecule has 0 bridgehead atoms. The van der Waals surface area contributed by atoms with Crippen LogP contribution in [-0.2, 0) is 22.5 Å². The number of hydrogen-bond acceptors (Lipinski definition) is 8. The Kier molecular flexibility index (Phi) is 6.39. The number of esters is 1. The summed E-state index contributed by atoms with van der Waals surface area (Å²) >= 11 is 1.33. The molecule has 9 nitrogen and oxygen atoms in total. The smallest absolute Gasteiger partial charge is 0.308 e. The second kappa shape index (κ2) is 9.38. The van der Waals surface area contributed by atoms with Gasteiger partial charge in [-0.25, -0.2) is 9.37 Å². The zero-order valence-corrected chi connectivity index (χ0v) is 20.9. The van der Waals surface area contributed by atoms with E-state index in [1.807, 2.05) is 7.05 Å². The highest BCUT2D eigenvalue weighted by atomic mass is 32.1. The van der Waals surface area contributed by atoms with E-state index in [2.05, 4.69) is 20.2 Å². The van der Waals surface area contributed by atoms with Gasteiger partial charge in [0.15, 0.2) is 5.01 Å². The van der Waals surface area contributed by atoms with Gasteiger partial charge in [0.1, 0.15) is 11.4 Å². The number of Topliss-reactive ketones (excluding diaryl/α,β-unsaturated/α-hetero) is 1. The zero-order chi connectivity index (χ0) is 25.6. The van der Waals surface area contributed by atoms with Crippen LogP contribution in [0.5, 0.6) is 0 Å². The average Bonchev–Trinajstić information content (AvgIpc) is 3.47. The van der Waals surface area contributed by atoms with Crippen LogP contribution in [0.4, 0.5) is 4.39 Å². The van der Waals surface area contributed by atoms with Gasteiger partial charge < -0.3 is 25.7 Å². The van der Waals surface area contributed by atoms with Crippen LogP contribution < -0.4 is 11.1 Å². The summed E-state index contributed by atoms with van der Waals surface area (Å²) in [6.07, 6.45) is 1.43. The summed E-state index contributed by atoms with van der Waals surface area (Å²) in [5.41, 5.74) is 7.01. The molecule has 2 aliphatic rings. The maximum Gasteiger partial charge on any atom is 0.308 e. The van der Waals surface area contributed by atoms with E-state index in [-0.39, 0.29) is 18.5 Å². The van der Waals surface area contributed by atoms with Gasteiger partial charge in [0.2, 0.25) is 5.78 Å². The van der Waals surface area contributed by atoms with E-state index < -0.39 is 41.0 Å². The quantitative estimate of drug-likeness (QED) is 0.353. The summed E-state index contributed by atoms with van der Waals surface area (Å²) in [6.45, 7) is 1.60. The molecule has 1 saturated carbocycles. The Morgan fingerprint density at radius 1 is 1.33 bits per heavy atom. The molecule has 1 aromatic carbocycles. The fraction of sp³-hybridized carbons (Fsp3) is 0.440. The lowest BCUT2D eigenvalue weighted by Gasteiger charge is -2.42. The van der Waals surface area contributed by atoms with Crippen LogP contribution >= 0.6 is 11.3 Å². The number of aromatic amines is 1. The Hall–Kier alpha value is -3.15. The third-order valence-corrected chi connectivity index (χ3v) is 8.34. The Balaban J connectivity index is 1.44. The SMILES string of the molecule is COC(=O)C1CCC(N)(C(=O)c2cc3cc(F)ccc3[nH]2)C(NC(=O)c2nc3c(s2)CN(C)CC3)C1. The van der Waals surface area contributed by atoms with Gasteiger partial charge in [0.25, 0.3) is 5.91 Å². The minimum atomic E-state index is -1.48. The molecule has 0 saturated heterocycles. The molecule has 0 radical (unpaired) electrons. The zero-order valence-electron chi connectivity index (χ0n) is 20.1. The Morgan fingerprint density at radius 3 is 2.92 bits per heavy atom. The molecule has 3 unspecified atom stereocenters. The molecule has 5 rings (SSSR count). The van der Waals surface area contributed by atoms with Crippen LogP contribution in [0.2, 0.25) is 0 Å². The second-order valence-corrected chi connectivity index (χ2v) is 10.8. The number of carbonyl (C=O) groups excluding carboxylic acids is 3. The van der Waals surface area contributed by atoms with Crippen molar-refractivity contribution in [1.82, 2.24) is 20.2 Å². The predicted octanol–water partition coefficient (Wildman–Crippen LogP) is 2.40. The van der Waals surface area contributed by atoms with Crippen molar-refractivity contribution >= 4 is 39.9 Å². The summed E-state index contributed by atoms with van der Waals surface area (Å²) in [4.78, 5) is 50.1. The van der Waals surface area contributed by atoms with Crippen LogP contribution in [0.15, 0.2) is 24.3 Å². The summed E-state index contributed by atoms with van der Waals surface area (Å²) < 4.78 is 18.6. The van der Waals surface area contributed by atoms with Gasteiger partial charge >= 0.3 is 5.97 Å². The van der Waals surface area contributed by atoms with Crippen molar-refractivity contribution in [1.29, 1.82) is 0 Å². The number of nitrogens with zero attached hydrogens (tertiary/aromatic N) is 2.